The lowest BCUT2D eigenvalue weighted by atomic mass is 10.2. The summed E-state index contributed by atoms with van der Waals surface area (Å²) in [6, 6.07) is 3.72. The van der Waals surface area contributed by atoms with E-state index in [1.54, 1.807) is 6.20 Å². The van der Waals surface area contributed by atoms with Gasteiger partial charge in [-0.25, -0.2) is 4.98 Å². The van der Waals surface area contributed by atoms with Gasteiger partial charge in [0.05, 0.1) is 0 Å². The highest BCUT2D eigenvalue weighted by atomic mass is 15.2. The predicted octanol–water partition coefficient (Wildman–Crippen LogP) is 0.874. The zero-order chi connectivity index (χ0) is 7.68. The topological polar surface area (TPSA) is 42.1 Å². The van der Waals surface area contributed by atoms with E-state index in [-0.39, 0.29) is 0 Å². The number of nitrogen functional groups attached to an aromatic ring is 1. The van der Waals surface area contributed by atoms with Gasteiger partial charge in [0.15, 0.2) is 0 Å². The molecular weight excluding hydrogens is 138 g/mol. The Hall–Kier alpha value is -1.25. The maximum Gasteiger partial charge on any atom is 0.130 e. The van der Waals surface area contributed by atoms with Gasteiger partial charge in [-0.05, 0) is 12.5 Å². The first-order valence-electron chi connectivity index (χ1n) is 3.83. The molecule has 0 bridgehead atoms. The molecule has 0 spiro atoms. The van der Waals surface area contributed by atoms with Crippen molar-refractivity contribution in [2.24, 2.45) is 0 Å². The highest BCUT2D eigenvalue weighted by Crippen LogP contribution is 2.18. The number of hydrogen-bond donors (Lipinski definition) is 1. The van der Waals surface area contributed by atoms with Crippen molar-refractivity contribution in [2.45, 2.75) is 6.42 Å². The van der Waals surface area contributed by atoms with Crippen molar-refractivity contribution in [1.29, 1.82) is 0 Å². The Morgan fingerprint density at radius 2 is 2.27 bits per heavy atom. The molecule has 0 amide bonds. The highest BCUT2D eigenvalue weighted by molar-refractivity contribution is 5.51. The molecule has 0 aliphatic carbocycles. The van der Waals surface area contributed by atoms with Crippen LogP contribution in [0, 0.1) is 0 Å². The van der Waals surface area contributed by atoms with Crippen LogP contribution in [0.25, 0.3) is 0 Å². The molecule has 2 rings (SSSR count). The Morgan fingerprint density at radius 3 is 2.82 bits per heavy atom. The molecular formula is C8H11N3. The van der Waals surface area contributed by atoms with E-state index < -0.39 is 0 Å². The largest absolute Gasteiger partial charge is 0.399 e. The molecule has 0 unspecified atom stereocenters. The van der Waals surface area contributed by atoms with Crippen LogP contribution in [0.15, 0.2) is 18.3 Å². The number of hydrogen-bond acceptors (Lipinski definition) is 3. The van der Waals surface area contributed by atoms with Crippen LogP contribution < -0.4 is 10.6 Å². The molecule has 1 aliphatic rings. The van der Waals surface area contributed by atoms with Crippen LogP contribution in [0.1, 0.15) is 6.42 Å². The minimum Gasteiger partial charge on any atom is -0.399 e. The second kappa shape index (κ2) is 2.42. The Bertz CT molecular complexity index is 255. The summed E-state index contributed by atoms with van der Waals surface area (Å²) < 4.78 is 0. The maximum absolute atomic E-state index is 5.61. The number of pyridine rings is 1. The van der Waals surface area contributed by atoms with Crippen molar-refractivity contribution in [2.75, 3.05) is 23.7 Å². The molecule has 0 atom stereocenters. The summed E-state index contributed by atoms with van der Waals surface area (Å²) in [6.07, 6.45) is 3.03. The minimum atomic E-state index is 0.793. The second-order valence-electron chi connectivity index (χ2n) is 2.79. The number of nitrogens with zero attached hydrogens (tertiary/aromatic N) is 2. The molecule has 0 aromatic carbocycles. The summed E-state index contributed by atoms with van der Waals surface area (Å²) in [5.41, 5.74) is 6.40. The van der Waals surface area contributed by atoms with Crippen molar-refractivity contribution in [1.82, 2.24) is 4.98 Å². The molecule has 2 heterocycles. The molecule has 2 N–H and O–H groups in total. The van der Waals surface area contributed by atoms with E-state index in [4.69, 9.17) is 5.73 Å². The van der Waals surface area contributed by atoms with Crippen LogP contribution >= 0.6 is 0 Å². The third-order valence-electron chi connectivity index (χ3n) is 1.95. The Morgan fingerprint density at radius 1 is 1.45 bits per heavy atom. The molecule has 1 fully saturated rings. The average molecular weight is 149 g/mol. The van der Waals surface area contributed by atoms with Gasteiger partial charge in [-0.1, -0.05) is 0 Å². The monoisotopic (exact) mass is 149 g/mol. The summed E-state index contributed by atoms with van der Waals surface area (Å²) in [5.74, 6) is 1.01. The molecule has 0 radical (unpaired) electrons. The molecule has 1 aliphatic heterocycles. The molecule has 3 nitrogen and oxygen atoms in total. The van der Waals surface area contributed by atoms with Gasteiger partial charge in [0.1, 0.15) is 5.82 Å². The Kier molecular flexibility index (Phi) is 1.42. The van der Waals surface area contributed by atoms with Crippen molar-refractivity contribution >= 4 is 11.5 Å². The summed E-state index contributed by atoms with van der Waals surface area (Å²) in [5, 5.41) is 0. The second-order valence-corrected chi connectivity index (χ2v) is 2.79. The van der Waals surface area contributed by atoms with E-state index in [2.05, 4.69) is 9.88 Å². The third-order valence-corrected chi connectivity index (χ3v) is 1.95. The number of anilines is 2. The fraction of sp³-hybridized carbons (Fsp3) is 0.375. The molecule has 1 aromatic rings. The van der Waals surface area contributed by atoms with E-state index >= 15 is 0 Å². The number of rotatable bonds is 1. The lowest BCUT2D eigenvalue weighted by molar-refractivity contribution is 0.610. The van der Waals surface area contributed by atoms with Gasteiger partial charge >= 0.3 is 0 Å². The normalized spacial score (nSPS) is 16.2. The quantitative estimate of drug-likeness (QED) is 0.644. The average Bonchev–Trinajstić information content (AvgIpc) is 1.83. The van der Waals surface area contributed by atoms with Gasteiger partial charge in [-0.2, -0.15) is 0 Å². The SMILES string of the molecule is Nc1ccnc(N2CCC2)c1. The fourth-order valence-corrected chi connectivity index (χ4v) is 1.15. The van der Waals surface area contributed by atoms with Crippen molar-refractivity contribution < 1.29 is 0 Å². The highest BCUT2D eigenvalue weighted by Gasteiger charge is 2.14. The lowest BCUT2D eigenvalue weighted by Crippen LogP contribution is -2.37. The first-order chi connectivity index (χ1) is 5.36. The van der Waals surface area contributed by atoms with Crippen molar-refractivity contribution in [3.8, 4) is 0 Å². The summed E-state index contributed by atoms with van der Waals surface area (Å²) in [6.45, 7) is 2.24. The van der Waals surface area contributed by atoms with Crippen molar-refractivity contribution in [3.63, 3.8) is 0 Å². The van der Waals surface area contributed by atoms with Crippen LogP contribution in [-0.4, -0.2) is 18.1 Å². The standard InChI is InChI=1S/C8H11N3/c9-7-2-3-10-8(6-7)11-4-1-5-11/h2-3,6H,1,4-5H2,(H2,9,10). The van der Waals surface area contributed by atoms with E-state index in [1.807, 2.05) is 12.1 Å². The zero-order valence-electron chi connectivity index (χ0n) is 6.33. The predicted molar refractivity (Wildman–Crippen MR) is 45.5 cm³/mol. The van der Waals surface area contributed by atoms with E-state index in [9.17, 15) is 0 Å². The van der Waals surface area contributed by atoms with Crippen LogP contribution in [0.2, 0.25) is 0 Å². The first-order valence-corrected chi connectivity index (χ1v) is 3.83. The van der Waals surface area contributed by atoms with Crippen LogP contribution in [0.4, 0.5) is 11.5 Å². The van der Waals surface area contributed by atoms with E-state index in [0.717, 1.165) is 24.6 Å². The van der Waals surface area contributed by atoms with Gasteiger partial charge in [0.25, 0.3) is 0 Å². The maximum atomic E-state index is 5.61. The summed E-state index contributed by atoms with van der Waals surface area (Å²) >= 11 is 0. The lowest BCUT2D eigenvalue weighted by Gasteiger charge is -2.31. The first kappa shape index (κ1) is 6.46. The van der Waals surface area contributed by atoms with Crippen LogP contribution in [0.3, 0.4) is 0 Å². The summed E-state index contributed by atoms with van der Waals surface area (Å²) in [4.78, 5) is 6.43. The summed E-state index contributed by atoms with van der Waals surface area (Å²) in [7, 11) is 0. The molecule has 11 heavy (non-hydrogen) atoms. The zero-order valence-corrected chi connectivity index (χ0v) is 6.33. The number of aromatic nitrogens is 1. The Balaban J connectivity index is 2.23. The van der Waals surface area contributed by atoms with E-state index in [1.165, 1.54) is 6.42 Å². The molecule has 3 heteroatoms. The third kappa shape index (κ3) is 1.13. The van der Waals surface area contributed by atoms with Gasteiger partial charge in [0, 0.05) is 31.0 Å². The molecule has 58 valence electrons. The van der Waals surface area contributed by atoms with Crippen LogP contribution in [-0.2, 0) is 0 Å². The van der Waals surface area contributed by atoms with Crippen LogP contribution in [0.5, 0.6) is 0 Å². The minimum absolute atomic E-state index is 0.793. The van der Waals surface area contributed by atoms with Gasteiger partial charge in [0.2, 0.25) is 0 Å². The van der Waals surface area contributed by atoms with Gasteiger partial charge in [-0.15, -0.1) is 0 Å². The molecule has 1 aromatic heterocycles. The molecule has 0 saturated carbocycles. The number of nitrogens with two attached hydrogens (primary N) is 1. The fourth-order valence-electron chi connectivity index (χ4n) is 1.15. The van der Waals surface area contributed by atoms with Crippen molar-refractivity contribution in [3.05, 3.63) is 18.3 Å². The van der Waals surface area contributed by atoms with E-state index in [0.29, 0.717) is 0 Å². The molecule has 1 saturated heterocycles. The smallest absolute Gasteiger partial charge is 0.130 e. The van der Waals surface area contributed by atoms with Gasteiger partial charge < -0.3 is 10.6 Å². The van der Waals surface area contributed by atoms with Gasteiger partial charge in [-0.3, -0.25) is 0 Å². The Labute approximate surface area is 65.8 Å².